The highest BCUT2D eigenvalue weighted by Gasteiger charge is 2.09. The molecule has 2 nitrogen and oxygen atoms in total. The zero-order chi connectivity index (χ0) is 10.0. The van der Waals surface area contributed by atoms with Crippen LogP contribution >= 0.6 is 22.6 Å². The van der Waals surface area contributed by atoms with Crippen molar-refractivity contribution in [2.45, 2.75) is 13.8 Å². The molecule has 0 spiro atoms. The van der Waals surface area contributed by atoms with Crippen LogP contribution < -0.4 is 0 Å². The van der Waals surface area contributed by atoms with E-state index >= 15 is 0 Å². The van der Waals surface area contributed by atoms with Crippen LogP contribution in [0.15, 0.2) is 12.1 Å². The molecule has 1 aromatic rings. The van der Waals surface area contributed by atoms with E-state index in [1.807, 2.05) is 35.6 Å². The number of hydrogen-bond donors (Lipinski definition) is 0. The van der Waals surface area contributed by atoms with Gasteiger partial charge in [-0.05, 0) is 54.1 Å². The van der Waals surface area contributed by atoms with E-state index in [0.29, 0.717) is 11.1 Å². The second-order valence-electron chi connectivity index (χ2n) is 2.84. The highest BCUT2D eigenvalue weighted by Crippen LogP contribution is 2.19. The molecule has 0 aliphatic heterocycles. The Bertz CT molecular complexity index is 404. The summed E-state index contributed by atoms with van der Waals surface area (Å²) in [7, 11) is 0. The van der Waals surface area contributed by atoms with Gasteiger partial charge in [0, 0.05) is 9.13 Å². The number of nitriles is 1. The number of carbonyl (C=O) groups is 1. The van der Waals surface area contributed by atoms with Crippen molar-refractivity contribution >= 4 is 28.4 Å². The normalized spacial score (nSPS) is 9.38. The Morgan fingerprint density at radius 1 is 1.54 bits per heavy atom. The first-order chi connectivity index (χ1) is 6.06. The first kappa shape index (κ1) is 10.2. The van der Waals surface area contributed by atoms with Gasteiger partial charge in [-0.25, -0.2) is 0 Å². The zero-order valence-electron chi connectivity index (χ0n) is 7.39. The molecule has 66 valence electrons. The summed E-state index contributed by atoms with van der Waals surface area (Å²) in [5, 5.41) is 8.78. The van der Waals surface area contributed by atoms with Crippen molar-refractivity contribution in [2.75, 3.05) is 0 Å². The van der Waals surface area contributed by atoms with Crippen molar-refractivity contribution in [1.82, 2.24) is 0 Å². The second-order valence-corrected chi connectivity index (χ2v) is 3.92. The zero-order valence-corrected chi connectivity index (χ0v) is 9.55. The molecule has 0 amide bonds. The molecule has 0 saturated heterocycles. The van der Waals surface area contributed by atoms with Gasteiger partial charge in [0.1, 0.15) is 6.07 Å². The Balaban J connectivity index is 3.47. The SMILES string of the molecule is CC(=O)c1cc(C)cc(C#N)c1I. The third-order valence-electron chi connectivity index (χ3n) is 1.72. The number of ketones is 1. The molecule has 0 saturated carbocycles. The van der Waals surface area contributed by atoms with E-state index in [0.717, 1.165) is 9.13 Å². The summed E-state index contributed by atoms with van der Waals surface area (Å²) in [6, 6.07) is 5.67. The molecule has 0 fully saturated rings. The van der Waals surface area contributed by atoms with Gasteiger partial charge in [-0.15, -0.1) is 0 Å². The second kappa shape index (κ2) is 3.88. The number of carbonyl (C=O) groups excluding carboxylic acids is 1. The standard InChI is InChI=1S/C10H8INO/c1-6-3-8(5-12)10(11)9(4-6)7(2)13/h3-4H,1-2H3. The summed E-state index contributed by atoms with van der Waals surface area (Å²) < 4.78 is 0.748. The lowest BCUT2D eigenvalue weighted by atomic mass is 10.1. The minimum Gasteiger partial charge on any atom is -0.294 e. The fourth-order valence-electron chi connectivity index (χ4n) is 1.11. The van der Waals surface area contributed by atoms with E-state index in [4.69, 9.17) is 5.26 Å². The molecule has 0 radical (unpaired) electrons. The highest BCUT2D eigenvalue weighted by molar-refractivity contribution is 14.1. The first-order valence-corrected chi connectivity index (χ1v) is 4.85. The van der Waals surface area contributed by atoms with Crippen LogP contribution in [0, 0.1) is 21.8 Å². The molecule has 13 heavy (non-hydrogen) atoms. The molecule has 1 aromatic carbocycles. The molecule has 0 aliphatic rings. The minimum atomic E-state index is 0.00426. The summed E-state index contributed by atoms with van der Waals surface area (Å²) in [6.07, 6.45) is 0. The number of nitrogens with zero attached hydrogens (tertiary/aromatic N) is 1. The lowest BCUT2D eigenvalue weighted by Gasteiger charge is -2.03. The van der Waals surface area contributed by atoms with Crippen LogP contribution in [0.5, 0.6) is 0 Å². The maximum absolute atomic E-state index is 11.2. The van der Waals surface area contributed by atoms with Gasteiger partial charge < -0.3 is 0 Å². The summed E-state index contributed by atoms with van der Waals surface area (Å²) in [5.41, 5.74) is 2.16. The van der Waals surface area contributed by atoms with Gasteiger partial charge >= 0.3 is 0 Å². The van der Waals surface area contributed by atoms with E-state index in [-0.39, 0.29) is 5.78 Å². The maximum Gasteiger partial charge on any atom is 0.160 e. The molecule has 0 aromatic heterocycles. The van der Waals surface area contributed by atoms with E-state index in [2.05, 4.69) is 6.07 Å². The lowest BCUT2D eigenvalue weighted by molar-refractivity contribution is 0.101. The predicted octanol–water partition coefficient (Wildman–Crippen LogP) is 2.67. The van der Waals surface area contributed by atoms with Gasteiger partial charge in [-0.1, -0.05) is 0 Å². The number of Topliss-reactive ketones (excluding diaryl/α,β-unsaturated/α-hetero) is 1. The first-order valence-electron chi connectivity index (χ1n) is 3.77. The summed E-state index contributed by atoms with van der Waals surface area (Å²) in [6.45, 7) is 3.39. The quantitative estimate of drug-likeness (QED) is 0.588. The third-order valence-corrected chi connectivity index (χ3v) is 2.88. The molecular formula is C10H8INO. The average molecular weight is 285 g/mol. The van der Waals surface area contributed by atoms with Gasteiger partial charge in [0.25, 0.3) is 0 Å². The van der Waals surface area contributed by atoms with Crippen molar-refractivity contribution in [3.8, 4) is 6.07 Å². The van der Waals surface area contributed by atoms with Crippen LogP contribution in [0.2, 0.25) is 0 Å². The smallest absolute Gasteiger partial charge is 0.160 e. The maximum atomic E-state index is 11.2. The van der Waals surface area contributed by atoms with Crippen molar-refractivity contribution < 1.29 is 4.79 Å². The molecular weight excluding hydrogens is 277 g/mol. The van der Waals surface area contributed by atoms with E-state index in [1.165, 1.54) is 6.92 Å². The summed E-state index contributed by atoms with van der Waals surface area (Å²) in [4.78, 5) is 11.2. The molecule has 0 bridgehead atoms. The molecule has 0 heterocycles. The van der Waals surface area contributed by atoms with E-state index in [1.54, 1.807) is 6.07 Å². The Hall–Kier alpha value is -0.890. The molecule has 1 rings (SSSR count). The fourth-order valence-corrected chi connectivity index (χ4v) is 1.92. The van der Waals surface area contributed by atoms with Crippen LogP contribution in [0.25, 0.3) is 0 Å². The lowest BCUT2D eigenvalue weighted by Crippen LogP contribution is -1.99. The molecule has 0 atom stereocenters. The van der Waals surface area contributed by atoms with E-state index < -0.39 is 0 Å². The number of hydrogen-bond acceptors (Lipinski definition) is 2. The van der Waals surface area contributed by atoms with Crippen molar-refractivity contribution in [3.05, 3.63) is 32.4 Å². The Morgan fingerprint density at radius 3 is 2.62 bits per heavy atom. The van der Waals surface area contributed by atoms with Crippen molar-refractivity contribution in [2.24, 2.45) is 0 Å². The summed E-state index contributed by atoms with van der Waals surface area (Å²) >= 11 is 2.03. The fraction of sp³-hybridized carbons (Fsp3) is 0.200. The molecule has 3 heteroatoms. The number of rotatable bonds is 1. The van der Waals surface area contributed by atoms with Crippen LogP contribution in [0.3, 0.4) is 0 Å². The Morgan fingerprint density at radius 2 is 2.15 bits per heavy atom. The number of halogens is 1. The number of aryl methyl sites for hydroxylation is 1. The average Bonchev–Trinajstić information content (AvgIpc) is 2.08. The van der Waals surface area contributed by atoms with Gasteiger partial charge in [0.05, 0.1) is 5.56 Å². The van der Waals surface area contributed by atoms with Crippen molar-refractivity contribution in [1.29, 1.82) is 5.26 Å². The Kier molecular flexibility index (Phi) is 3.04. The minimum absolute atomic E-state index is 0.00426. The molecule has 0 aliphatic carbocycles. The van der Waals surface area contributed by atoms with E-state index in [9.17, 15) is 4.79 Å². The molecule has 0 unspecified atom stereocenters. The largest absolute Gasteiger partial charge is 0.294 e. The van der Waals surface area contributed by atoms with Gasteiger partial charge in [0.15, 0.2) is 5.78 Å². The monoisotopic (exact) mass is 285 g/mol. The molecule has 0 N–H and O–H groups in total. The Labute approximate surface area is 90.7 Å². The van der Waals surface area contributed by atoms with Crippen molar-refractivity contribution in [3.63, 3.8) is 0 Å². The van der Waals surface area contributed by atoms with Gasteiger partial charge in [-0.2, -0.15) is 5.26 Å². The topological polar surface area (TPSA) is 40.9 Å². The number of benzene rings is 1. The van der Waals surface area contributed by atoms with Gasteiger partial charge in [0.2, 0.25) is 0 Å². The van der Waals surface area contributed by atoms with Crippen LogP contribution in [-0.4, -0.2) is 5.78 Å². The van der Waals surface area contributed by atoms with Crippen LogP contribution in [0.4, 0.5) is 0 Å². The van der Waals surface area contributed by atoms with Gasteiger partial charge in [-0.3, -0.25) is 4.79 Å². The summed E-state index contributed by atoms with van der Waals surface area (Å²) in [5.74, 6) is 0.00426. The highest BCUT2D eigenvalue weighted by atomic mass is 127. The van der Waals surface area contributed by atoms with Crippen LogP contribution in [-0.2, 0) is 0 Å². The third kappa shape index (κ3) is 2.07. The predicted molar refractivity (Wildman–Crippen MR) is 58.6 cm³/mol. The van der Waals surface area contributed by atoms with Crippen LogP contribution in [0.1, 0.15) is 28.4 Å².